The average Bonchev–Trinajstić information content (AvgIpc) is 2.47. The molecule has 2 aromatic carbocycles. The first-order valence-corrected chi connectivity index (χ1v) is 8.41. The molecule has 2 N–H and O–H groups in total. The number of halogens is 1. The number of sulfonamides is 1. The summed E-state index contributed by atoms with van der Waals surface area (Å²) in [4.78, 5) is 0.361. The van der Waals surface area contributed by atoms with Crippen LogP contribution < -0.4 is 10.0 Å². The van der Waals surface area contributed by atoms with Gasteiger partial charge in [0, 0.05) is 12.2 Å². The fourth-order valence-corrected chi connectivity index (χ4v) is 4.59. The van der Waals surface area contributed by atoms with E-state index in [-0.39, 0.29) is 12.4 Å². The SMILES string of the molecule is Cc1ccccc1S(=O)(=O)N1CCCc2c(N)cccc21.Cl. The van der Waals surface area contributed by atoms with Gasteiger partial charge >= 0.3 is 0 Å². The summed E-state index contributed by atoms with van der Waals surface area (Å²) in [7, 11) is -3.55. The molecule has 118 valence electrons. The lowest BCUT2D eigenvalue weighted by molar-refractivity contribution is 0.586. The first-order chi connectivity index (χ1) is 10.0. The Balaban J connectivity index is 0.00000176. The standard InChI is InChI=1S/C16H18N2O2S.ClH/c1-12-6-2-3-10-16(12)21(19,20)18-11-5-7-13-14(17)8-4-9-15(13)18;/h2-4,6,8-10H,5,7,11,17H2,1H3;1H. The van der Waals surface area contributed by atoms with E-state index in [4.69, 9.17) is 5.73 Å². The predicted octanol–water partition coefficient (Wildman–Crippen LogP) is 3.14. The number of aryl methyl sites for hydroxylation is 1. The number of hydrogen-bond donors (Lipinski definition) is 1. The van der Waals surface area contributed by atoms with E-state index in [0.717, 1.165) is 24.0 Å². The van der Waals surface area contributed by atoms with Crippen molar-refractivity contribution in [1.82, 2.24) is 0 Å². The van der Waals surface area contributed by atoms with Gasteiger partial charge in [0.2, 0.25) is 0 Å². The molecule has 0 atom stereocenters. The fourth-order valence-electron chi connectivity index (χ4n) is 2.83. The Morgan fingerprint density at radius 2 is 1.82 bits per heavy atom. The van der Waals surface area contributed by atoms with Crippen LogP contribution in [0.2, 0.25) is 0 Å². The van der Waals surface area contributed by atoms with Crippen molar-refractivity contribution >= 4 is 33.8 Å². The molecular formula is C16H19ClN2O2S. The molecule has 0 saturated heterocycles. The van der Waals surface area contributed by atoms with E-state index in [2.05, 4.69) is 0 Å². The molecule has 0 bridgehead atoms. The summed E-state index contributed by atoms with van der Waals surface area (Å²) in [5.74, 6) is 0. The van der Waals surface area contributed by atoms with Crippen LogP contribution in [0.25, 0.3) is 0 Å². The number of nitrogens with zero attached hydrogens (tertiary/aromatic N) is 1. The minimum Gasteiger partial charge on any atom is -0.398 e. The molecule has 1 aliphatic heterocycles. The van der Waals surface area contributed by atoms with Gasteiger partial charge in [0.15, 0.2) is 0 Å². The smallest absolute Gasteiger partial charge is 0.264 e. The van der Waals surface area contributed by atoms with E-state index in [1.54, 1.807) is 18.2 Å². The highest BCUT2D eigenvalue weighted by molar-refractivity contribution is 7.92. The molecule has 2 aromatic rings. The summed E-state index contributed by atoms with van der Waals surface area (Å²) in [6.07, 6.45) is 1.61. The second-order valence-electron chi connectivity index (χ2n) is 5.29. The normalized spacial score (nSPS) is 14.1. The third-order valence-electron chi connectivity index (χ3n) is 3.91. The Morgan fingerprint density at radius 1 is 1.09 bits per heavy atom. The zero-order valence-electron chi connectivity index (χ0n) is 12.3. The Hall–Kier alpha value is -1.72. The molecule has 1 heterocycles. The minimum absolute atomic E-state index is 0. The molecule has 0 saturated carbocycles. The van der Waals surface area contributed by atoms with Crippen molar-refractivity contribution in [3.8, 4) is 0 Å². The van der Waals surface area contributed by atoms with E-state index in [9.17, 15) is 8.42 Å². The van der Waals surface area contributed by atoms with Crippen LogP contribution in [-0.2, 0) is 16.4 Å². The number of nitrogens with two attached hydrogens (primary N) is 1. The lowest BCUT2D eigenvalue weighted by atomic mass is 10.0. The molecule has 3 rings (SSSR count). The topological polar surface area (TPSA) is 63.4 Å². The third-order valence-corrected chi connectivity index (χ3v) is 5.88. The Kier molecular flexibility index (Phi) is 4.68. The van der Waals surface area contributed by atoms with E-state index in [1.807, 2.05) is 31.2 Å². The summed E-state index contributed by atoms with van der Waals surface area (Å²) in [6, 6.07) is 12.5. The Bertz CT molecular complexity index is 790. The quantitative estimate of drug-likeness (QED) is 0.855. The number of anilines is 2. The summed E-state index contributed by atoms with van der Waals surface area (Å²) >= 11 is 0. The lowest BCUT2D eigenvalue weighted by Gasteiger charge is -2.31. The van der Waals surface area contributed by atoms with Crippen LogP contribution in [0, 0.1) is 6.92 Å². The van der Waals surface area contributed by atoms with Crippen LogP contribution in [0.3, 0.4) is 0 Å². The zero-order chi connectivity index (χ0) is 15.0. The second kappa shape index (κ2) is 6.18. The minimum atomic E-state index is -3.55. The van der Waals surface area contributed by atoms with Gasteiger partial charge in [0.1, 0.15) is 0 Å². The van der Waals surface area contributed by atoms with Crippen LogP contribution >= 0.6 is 12.4 Å². The second-order valence-corrected chi connectivity index (χ2v) is 7.12. The Labute approximate surface area is 137 Å². The van der Waals surface area contributed by atoms with Crippen LogP contribution in [0.5, 0.6) is 0 Å². The maximum atomic E-state index is 13.0. The van der Waals surface area contributed by atoms with Crippen LogP contribution in [0.1, 0.15) is 17.5 Å². The maximum absolute atomic E-state index is 13.0. The first-order valence-electron chi connectivity index (χ1n) is 6.97. The van der Waals surface area contributed by atoms with Crippen molar-refractivity contribution in [2.24, 2.45) is 0 Å². The van der Waals surface area contributed by atoms with Crippen molar-refractivity contribution < 1.29 is 8.42 Å². The van der Waals surface area contributed by atoms with Crippen molar-refractivity contribution in [3.63, 3.8) is 0 Å². The molecule has 1 aliphatic rings. The van der Waals surface area contributed by atoms with Gasteiger partial charge in [-0.1, -0.05) is 24.3 Å². The number of rotatable bonds is 2. The highest BCUT2D eigenvalue weighted by Gasteiger charge is 2.30. The van der Waals surface area contributed by atoms with Crippen LogP contribution in [-0.4, -0.2) is 15.0 Å². The van der Waals surface area contributed by atoms with Crippen molar-refractivity contribution in [1.29, 1.82) is 0 Å². The monoisotopic (exact) mass is 338 g/mol. The average molecular weight is 339 g/mol. The van der Waals surface area contributed by atoms with Gasteiger partial charge in [0.05, 0.1) is 10.6 Å². The molecule has 6 heteroatoms. The molecule has 0 amide bonds. The van der Waals surface area contributed by atoms with Crippen LogP contribution in [0.15, 0.2) is 47.4 Å². The fraction of sp³-hybridized carbons (Fsp3) is 0.250. The number of benzene rings is 2. The molecular weight excluding hydrogens is 320 g/mol. The van der Waals surface area contributed by atoms with E-state index in [1.165, 1.54) is 4.31 Å². The van der Waals surface area contributed by atoms with E-state index < -0.39 is 10.0 Å². The lowest BCUT2D eigenvalue weighted by Crippen LogP contribution is -2.36. The van der Waals surface area contributed by atoms with Gasteiger partial charge in [0.25, 0.3) is 10.0 Å². The molecule has 0 unspecified atom stereocenters. The third kappa shape index (κ3) is 2.66. The van der Waals surface area contributed by atoms with Crippen LogP contribution in [0.4, 0.5) is 11.4 Å². The summed E-state index contributed by atoms with van der Waals surface area (Å²) in [5.41, 5.74) is 9.06. The number of hydrogen-bond acceptors (Lipinski definition) is 3. The number of fused-ring (bicyclic) bond motifs is 1. The largest absolute Gasteiger partial charge is 0.398 e. The molecule has 0 radical (unpaired) electrons. The predicted molar refractivity (Wildman–Crippen MR) is 92.1 cm³/mol. The van der Waals surface area contributed by atoms with Gasteiger partial charge in [-0.05, 0) is 49.1 Å². The maximum Gasteiger partial charge on any atom is 0.264 e. The molecule has 4 nitrogen and oxygen atoms in total. The first kappa shape index (κ1) is 16.6. The molecule has 0 aliphatic carbocycles. The van der Waals surface area contributed by atoms with Gasteiger partial charge in [-0.2, -0.15) is 0 Å². The van der Waals surface area contributed by atoms with Crippen molar-refractivity contribution in [3.05, 3.63) is 53.6 Å². The summed E-state index contributed by atoms with van der Waals surface area (Å²) < 4.78 is 27.4. The molecule has 0 aromatic heterocycles. The van der Waals surface area contributed by atoms with Crippen molar-refractivity contribution in [2.75, 3.05) is 16.6 Å². The molecule has 0 spiro atoms. The highest BCUT2D eigenvalue weighted by Crippen LogP contribution is 2.35. The van der Waals surface area contributed by atoms with Gasteiger partial charge in [-0.15, -0.1) is 12.4 Å². The van der Waals surface area contributed by atoms with Gasteiger partial charge < -0.3 is 5.73 Å². The summed E-state index contributed by atoms with van der Waals surface area (Å²) in [6.45, 7) is 2.31. The van der Waals surface area contributed by atoms with Gasteiger partial charge in [-0.25, -0.2) is 8.42 Å². The zero-order valence-corrected chi connectivity index (χ0v) is 14.0. The van der Waals surface area contributed by atoms with Gasteiger partial charge in [-0.3, -0.25) is 4.31 Å². The Morgan fingerprint density at radius 3 is 2.55 bits per heavy atom. The highest BCUT2D eigenvalue weighted by atomic mass is 35.5. The van der Waals surface area contributed by atoms with E-state index in [0.29, 0.717) is 22.8 Å². The molecule has 0 fully saturated rings. The summed E-state index contributed by atoms with van der Waals surface area (Å²) in [5, 5.41) is 0. The van der Waals surface area contributed by atoms with Crippen molar-refractivity contribution in [2.45, 2.75) is 24.7 Å². The molecule has 22 heavy (non-hydrogen) atoms. The van der Waals surface area contributed by atoms with E-state index >= 15 is 0 Å². The number of nitrogen functional groups attached to an aromatic ring is 1.